The lowest BCUT2D eigenvalue weighted by atomic mass is 9.96. The van der Waals surface area contributed by atoms with E-state index in [1.807, 2.05) is 6.07 Å². The van der Waals surface area contributed by atoms with Crippen LogP contribution in [0.25, 0.3) is 22.2 Å². The van der Waals surface area contributed by atoms with Crippen molar-refractivity contribution in [3.05, 3.63) is 52.8 Å². The molecular formula is C20H17ClF3N3O2. The number of rotatable bonds is 3. The number of primary amides is 1. The third-order valence-electron chi connectivity index (χ3n) is 5.29. The summed E-state index contributed by atoms with van der Waals surface area (Å²) in [5, 5.41) is 0.338. The average molecular weight is 424 g/mol. The average Bonchev–Trinajstić information content (AvgIpc) is 3.27. The van der Waals surface area contributed by atoms with E-state index in [1.165, 1.54) is 6.07 Å². The number of ether oxygens (including phenoxy) is 1. The third-order valence-corrected chi connectivity index (χ3v) is 5.69. The molecule has 1 aromatic carbocycles. The third kappa shape index (κ3) is 3.76. The first-order valence-corrected chi connectivity index (χ1v) is 9.41. The molecule has 2 atom stereocenters. The zero-order valence-electron chi connectivity index (χ0n) is 15.1. The molecule has 0 saturated heterocycles. The van der Waals surface area contributed by atoms with Gasteiger partial charge in [0.2, 0.25) is 0 Å². The van der Waals surface area contributed by atoms with E-state index in [-0.39, 0.29) is 22.6 Å². The smallest absolute Gasteiger partial charge is 0.417 e. The molecule has 2 heterocycles. The molecule has 1 aliphatic rings. The van der Waals surface area contributed by atoms with Gasteiger partial charge in [-0.3, -0.25) is 0 Å². The van der Waals surface area contributed by atoms with Gasteiger partial charge in [-0.05, 0) is 42.9 Å². The van der Waals surface area contributed by atoms with Gasteiger partial charge in [0.05, 0.1) is 10.6 Å². The summed E-state index contributed by atoms with van der Waals surface area (Å²) in [6.45, 7) is 0. The van der Waals surface area contributed by atoms with Crippen molar-refractivity contribution in [2.24, 2.45) is 5.73 Å². The second kappa shape index (κ2) is 7.26. The van der Waals surface area contributed by atoms with E-state index in [0.29, 0.717) is 29.4 Å². The number of hydrogen-bond donors (Lipinski definition) is 2. The molecule has 1 saturated carbocycles. The van der Waals surface area contributed by atoms with Crippen molar-refractivity contribution in [1.29, 1.82) is 0 Å². The van der Waals surface area contributed by atoms with Crippen LogP contribution in [0.2, 0.25) is 5.02 Å². The van der Waals surface area contributed by atoms with Crippen molar-refractivity contribution in [3.8, 4) is 11.1 Å². The SMILES string of the molecule is NC(=O)O[C@@H]1CC[C@H](c2cnc3[nH]cc(-c4cccc(C(F)(F)F)c4Cl)c3c2)C1. The Morgan fingerprint density at radius 3 is 2.79 bits per heavy atom. The molecular weight excluding hydrogens is 407 g/mol. The van der Waals surface area contributed by atoms with Crippen LogP contribution >= 0.6 is 11.6 Å². The summed E-state index contributed by atoms with van der Waals surface area (Å²) in [7, 11) is 0. The molecule has 0 aliphatic heterocycles. The molecule has 5 nitrogen and oxygen atoms in total. The number of nitrogens with zero attached hydrogens (tertiary/aromatic N) is 1. The molecule has 2 aromatic heterocycles. The number of carbonyl (C=O) groups is 1. The summed E-state index contributed by atoms with van der Waals surface area (Å²) < 4.78 is 44.8. The minimum Gasteiger partial charge on any atom is -0.446 e. The van der Waals surface area contributed by atoms with Gasteiger partial charge >= 0.3 is 12.3 Å². The van der Waals surface area contributed by atoms with E-state index in [1.54, 1.807) is 18.5 Å². The maximum atomic E-state index is 13.2. The van der Waals surface area contributed by atoms with Gasteiger partial charge in [-0.2, -0.15) is 13.2 Å². The Labute approximate surface area is 169 Å². The standard InChI is InChI=1S/C20H17ClF3N3O2/c21-17-13(2-1-3-16(17)20(22,23)24)15-9-27-18-14(15)7-11(8-26-18)10-4-5-12(6-10)29-19(25)28/h1-3,7-10,12H,4-6H2,(H2,25,28)(H,26,27)/t10-,12+/m0/s1. The maximum absolute atomic E-state index is 13.2. The predicted octanol–water partition coefficient (Wildman–Crippen LogP) is 5.63. The van der Waals surface area contributed by atoms with Crippen LogP contribution in [0.3, 0.4) is 0 Å². The zero-order chi connectivity index (χ0) is 20.8. The highest BCUT2D eigenvalue weighted by Crippen LogP contribution is 2.42. The molecule has 4 rings (SSSR count). The van der Waals surface area contributed by atoms with Crippen molar-refractivity contribution >= 4 is 28.7 Å². The van der Waals surface area contributed by atoms with E-state index < -0.39 is 17.8 Å². The number of fused-ring (bicyclic) bond motifs is 1. The summed E-state index contributed by atoms with van der Waals surface area (Å²) in [4.78, 5) is 18.4. The Kier molecular flexibility index (Phi) is 4.90. The number of hydrogen-bond acceptors (Lipinski definition) is 3. The maximum Gasteiger partial charge on any atom is 0.417 e. The molecule has 1 fully saturated rings. The number of benzene rings is 1. The van der Waals surface area contributed by atoms with Gasteiger partial charge < -0.3 is 15.5 Å². The van der Waals surface area contributed by atoms with Gasteiger partial charge in [0.15, 0.2) is 0 Å². The fourth-order valence-corrected chi connectivity index (χ4v) is 4.27. The highest BCUT2D eigenvalue weighted by atomic mass is 35.5. The minimum atomic E-state index is -4.54. The van der Waals surface area contributed by atoms with E-state index in [0.717, 1.165) is 18.1 Å². The van der Waals surface area contributed by atoms with Crippen LogP contribution in [0, 0.1) is 0 Å². The Hall–Kier alpha value is -2.74. The summed E-state index contributed by atoms with van der Waals surface area (Å²) in [6, 6.07) is 5.76. The van der Waals surface area contributed by atoms with Crippen LogP contribution in [0.15, 0.2) is 36.7 Å². The topological polar surface area (TPSA) is 81.0 Å². The normalized spacial score (nSPS) is 19.6. The van der Waals surface area contributed by atoms with Crippen molar-refractivity contribution in [2.45, 2.75) is 37.5 Å². The second-order valence-electron chi connectivity index (χ2n) is 7.10. The number of pyridine rings is 1. The number of amides is 1. The molecule has 3 aromatic rings. The predicted molar refractivity (Wildman–Crippen MR) is 103 cm³/mol. The number of nitrogens with two attached hydrogens (primary N) is 1. The molecule has 0 unspecified atom stereocenters. The van der Waals surface area contributed by atoms with Crippen LogP contribution in [0.4, 0.5) is 18.0 Å². The lowest BCUT2D eigenvalue weighted by Crippen LogP contribution is -2.20. The second-order valence-corrected chi connectivity index (χ2v) is 7.48. The largest absolute Gasteiger partial charge is 0.446 e. The van der Waals surface area contributed by atoms with Gasteiger partial charge in [-0.1, -0.05) is 23.7 Å². The first-order chi connectivity index (χ1) is 13.7. The number of H-pyrrole nitrogens is 1. The Bertz CT molecular complexity index is 1080. The first-order valence-electron chi connectivity index (χ1n) is 9.03. The highest BCUT2D eigenvalue weighted by Gasteiger charge is 2.34. The molecule has 152 valence electrons. The lowest BCUT2D eigenvalue weighted by molar-refractivity contribution is -0.137. The molecule has 29 heavy (non-hydrogen) atoms. The summed E-state index contributed by atoms with van der Waals surface area (Å²) in [6.07, 6.45) is -0.111. The monoisotopic (exact) mass is 423 g/mol. The molecule has 1 aliphatic carbocycles. The minimum absolute atomic E-state index is 0.121. The van der Waals surface area contributed by atoms with Gasteiger partial charge in [-0.25, -0.2) is 9.78 Å². The van der Waals surface area contributed by atoms with Crippen LogP contribution in [0.1, 0.15) is 36.3 Å². The van der Waals surface area contributed by atoms with E-state index >= 15 is 0 Å². The highest BCUT2D eigenvalue weighted by molar-refractivity contribution is 6.34. The number of nitrogens with one attached hydrogen (secondary N) is 1. The summed E-state index contributed by atoms with van der Waals surface area (Å²) >= 11 is 6.11. The van der Waals surface area contributed by atoms with Crippen molar-refractivity contribution in [2.75, 3.05) is 0 Å². The van der Waals surface area contributed by atoms with Gasteiger partial charge in [0, 0.05) is 28.9 Å². The number of carbonyl (C=O) groups excluding carboxylic acids is 1. The van der Waals surface area contributed by atoms with Gasteiger partial charge in [0.1, 0.15) is 11.8 Å². The van der Waals surface area contributed by atoms with Gasteiger partial charge in [-0.15, -0.1) is 0 Å². The van der Waals surface area contributed by atoms with E-state index in [9.17, 15) is 18.0 Å². The fourth-order valence-electron chi connectivity index (χ4n) is 3.94. The van der Waals surface area contributed by atoms with Crippen LogP contribution in [0.5, 0.6) is 0 Å². The van der Waals surface area contributed by atoms with E-state index in [4.69, 9.17) is 22.1 Å². The Morgan fingerprint density at radius 2 is 2.07 bits per heavy atom. The van der Waals surface area contributed by atoms with Crippen LogP contribution < -0.4 is 5.73 Å². The van der Waals surface area contributed by atoms with Crippen molar-refractivity contribution in [1.82, 2.24) is 9.97 Å². The summed E-state index contributed by atoms with van der Waals surface area (Å²) in [5.74, 6) is 0.121. The van der Waals surface area contributed by atoms with Crippen molar-refractivity contribution < 1.29 is 22.7 Å². The number of aromatic amines is 1. The van der Waals surface area contributed by atoms with Gasteiger partial charge in [0.25, 0.3) is 0 Å². The molecule has 0 radical (unpaired) electrons. The molecule has 9 heteroatoms. The van der Waals surface area contributed by atoms with Crippen molar-refractivity contribution in [3.63, 3.8) is 0 Å². The zero-order valence-corrected chi connectivity index (χ0v) is 15.8. The number of alkyl halides is 3. The number of halogens is 4. The first kappa shape index (κ1) is 19.6. The molecule has 1 amide bonds. The fraction of sp³-hybridized carbons (Fsp3) is 0.300. The summed E-state index contributed by atoms with van der Waals surface area (Å²) in [5.41, 5.74) is 6.53. The van der Waals surface area contributed by atoms with Crippen LogP contribution in [-0.4, -0.2) is 22.2 Å². The van der Waals surface area contributed by atoms with Crippen LogP contribution in [-0.2, 0) is 10.9 Å². The van der Waals surface area contributed by atoms with E-state index in [2.05, 4.69) is 9.97 Å². The lowest BCUT2D eigenvalue weighted by Gasteiger charge is -2.13. The molecule has 0 spiro atoms. The number of aromatic nitrogens is 2. The molecule has 3 N–H and O–H groups in total. The Balaban J connectivity index is 1.72. The molecule has 0 bridgehead atoms. The Morgan fingerprint density at radius 1 is 1.28 bits per heavy atom. The quantitative estimate of drug-likeness (QED) is 0.572.